The zero-order valence-corrected chi connectivity index (χ0v) is 12.6. The highest BCUT2D eigenvalue weighted by atomic mass is 19.1. The van der Waals surface area contributed by atoms with E-state index in [0.29, 0.717) is 12.2 Å². The van der Waals surface area contributed by atoms with E-state index in [1.807, 2.05) is 13.0 Å². The fourth-order valence-electron chi connectivity index (χ4n) is 2.53. The third kappa shape index (κ3) is 2.69. The van der Waals surface area contributed by atoms with Crippen molar-refractivity contribution in [1.82, 2.24) is 0 Å². The van der Waals surface area contributed by atoms with Crippen LogP contribution in [-0.4, -0.2) is 7.11 Å². The lowest BCUT2D eigenvalue weighted by molar-refractivity contribution is 0.412. The summed E-state index contributed by atoms with van der Waals surface area (Å²) >= 11 is 0. The van der Waals surface area contributed by atoms with Crippen LogP contribution >= 0.6 is 0 Å². The third-order valence-electron chi connectivity index (χ3n) is 3.68. The van der Waals surface area contributed by atoms with Gasteiger partial charge >= 0.3 is 0 Å². The maximum absolute atomic E-state index is 13.9. The van der Waals surface area contributed by atoms with Crippen molar-refractivity contribution in [2.24, 2.45) is 0 Å². The SMILES string of the molecule is CCc1cc(-c2ccc(C)cc2CC)c(OC)cc1F. The van der Waals surface area contributed by atoms with Crippen LogP contribution in [0.5, 0.6) is 5.75 Å². The standard InChI is InChI=1S/C18H21FO/c1-5-13-9-12(3)7-8-15(13)16-10-14(6-2)17(19)11-18(16)20-4/h7-11H,5-6H2,1-4H3. The highest BCUT2D eigenvalue weighted by Crippen LogP contribution is 2.35. The minimum absolute atomic E-state index is 0.196. The van der Waals surface area contributed by atoms with Crippen molar-refractivity contribution in [1.29, 1.82) is 0 Å². The molecule has 2 rings (SSSR count). The summed E-state index contributed by atoms with van der Waals surface area (Å²) in [5, 5.41) is 0. The molecule has 0 atom stereocenters. The molecular weight excluding hydrogens is 251 g/mol. The molecule has 0 saturated heterocycles. The maximum atomic E-state index is 13.9. The molecule has 2 aromatic carbocycles. The molecular formula is C18H21FO. The molecule has 0 N–H and O–H groups in total. The summed E-state index contributed by atoms with van der Waals surface area (Å²) in [6.07, 6.45) is 1.62. The Hall–Kier alpha value is -1.83. The maximum Gasteiger partial charge on any atom is 0.130 e. The van der Waals surface area contributed by atoms with E-state index < -0.39 is 0 Å². The van der Waals surface area contributed by atoms with Gasteiger partial charge in [-0.25, -0.2) is 4.39 Å². The van der Waals surface area contributed by atoms with Crippen LogP contribution in [-0.2, 0) is 12.8 Å². The predicted molar refractivity (Wildman–Crippen MR) is 81.9 cm³/mol. The number of hydrogen-bond donors (Lipinski definition) is 0. The van der Waals surface area contributed by atoms with Gasteiger partial charge in [0, 0.05) is 11.6 Å². The van der Waals surface area contributed by atoms with Gasteiger partial charge in [0.05, 0.1) is 7.11 Å². The zero-order chi connectivity index (χ0) is 14.7. The van der Waals surface area contributed by atoms with Gasteiger partial charge in [0.2, 0.25) is 0 Å². The largest absolute Gasteiger partial charge is 0.496 e. The van der Waals surface area contributed by atoms with Gasteiger partial charge in [-0.1, -0.05) is 37.6 Å². The Labute approximate surface area is 120 Å². The Balaban J connectivity index is 2.67. The molecule has 0 fully saturated rings. The molecule has 1 nitrogen and oxygen atoms in total. The van der Waals surface area contributed by atoms with Crippen LogP contribution in [0.15, 0.2) is 30.3 Å². The summed E-state index contributed by atoms with van der Waals surface area (Å²) in [7, 11) is 1.59. The number of methoxy groups -OCH3 is 1. The van der Waals surface area contributed by atoms with E-state index in [4.69, 9.17) is 4.74 Å². The van der Waals surface area contributed by atoms with Crippen LogP contribution < -0.4 is 4.74 Å². The molecule has 2 aromatic rings. The van der Waals surface area contributed by atoms with E-state index in [1.54, 1.807) is 7.11 Å². The fraction of sp³-hybridized carbons (Fsp3) is 0.333. The number of halogens is 1. The van der Waals surface area contributed by atoms with E-state index in [0.717, 1.165) is 23.1 Å². The van der Waals surface area contributed by atoms with Gasteiger partial charge in [-0.05, 0) is 42.5 Å². The molecule has 0 radical (unpaired) electrons. The highest BCUT2D eigenvalue weighted by molar-refractivity contribution is 5.74. The lowest BCUT2D eigenvalue weighted by Gasteiger charge is -2.15. The number of aryl methyl sites for hydroxylation is 3. The molecule has 0 bridgehead atoms. The number of benzene rings is 2. The molecule has 2 heteroatoms. The van der Waals surface area contributed by atoms with E-state index in [2.05, 4.69) is 32.0 Å². The summed E-state index contributed by atoms with van der Waals surface area (Å²) in [5.74, 6) is 0.400. The van der Waals surface area contributed by atoms with Crippen LogP contribution in [0.3, 0.4) is 0 Å². The summed E-state index contributed by atoms with van der Waals surface area (Å²) in [6.45, 7) is 6.18. The Morgan fingerprint density at radius 2 is 1.65 bits per heavy atom. The minimum atomic E-state index is -0.196. The van der Waals surface area contributed by atoms with Gasteiger partial charge in [-0.15, -0.1) is 0 Å². The molecule has 0 saturated carbocycles. The van der Waals surface area contributed by atoms with Crippen LogP contribution in [0.2, 0.25) is 0 Å². The van der Waals surface area contributed by atoms with Crippen LogP contribution in [0.25, 0.3) is 11.1 Å². The number of hydrogen-bond acceptors (Lipinski definition) is 1. The summed E-state index contributed by atoms with van der Waals surface area (Å²) in [5.41, 5.74) is 5.33. The molecule has 0 aliphatic rings. The van der Waals surface area contributed by atoms with Crippen molar-refractivity contribution < 1.29 is 9.13 Å². The lowest BCUT2D eigenvalue weighted by Crippen LogP contribution is -1.97. The first-order valence-corrected chi connectivity index (χ1v) is 7.07. The van der Waals surface area contributed by atoms with Gasteiger partial charge < -0.3 is 4.74 Å². The van der Waals surface area contributed by atoms with Crippen molar-refractivity contribution >= 4 is 0 Å². The van der Waals surface area contributed by atoms with E-state index in [1.165, 1.54) is 17.2 Å². The highest BCUT2D eigenvalue weighted by Gasteiger charge is 2.13. The molecule has 0 spiro atoms. The molecule has 0 aliphatic heterocycles. The lowest BCUT2D eigenvalue weighted by atomic mass is 9.94. The van der Waals surface area contributed by atoms with Crippen molar-refractivity contribution in [2.75, 3.05) is 7.11 Å². The fourth-order valence-corrected chi connectivity index (χ4v) is 2.53. The Bertz CT molecular complexity index is 617. The molecule has 20 heavy (non-hydrogen) atoms. The van der Waals surface area contributed by atoms with Crippen molar-refractivity contribution in [3.8, 4) is 16.9 Å². The molecule has 106 valence electrons. The van der Waals surface area contributed by atoms with Gasteiger partial charge in [-0.3, -0.25) is 0 Å². The monoisotopic (exact) mass is 272 g/mol. The summed E-state index contributed by atoms with van der Waals surface area (Å²) in [6, 6.07) is 9.78. The van der Waals surface area contributed by atoms with Gasteiger partial charge in [0.1, 0.15) is 11.6 Å². The van der Waals surface area contributed by atoms with E-state index in [9.17, 15) is 4.39 Å². The molecule has 0 unspecified atom stereocenters. The second kappa shape index (κ2) is 6.08. The first-order valence-electron chi connectivity index (χ1n) is 7.07. The minimum Gasteiger partial charge on any atom is -0.496 e. The van der Waals surface area contributed by atoms with E-state index >= 15 is 0 Å². The smallest absolute Gasteiger partial charge is 0.130 e. The average molecular weight is 272 g/mol. The van der Waals surface area contributed by atoms with Crippen LogP contribution in [0.4, 0.5) is 4.39 Å². The third-order valence-corrected chi connectivity index (χ3v) is 3.68. The Kier molecular flexibility index (Phi) is 4.43. The molecule has 0 amide bonds. The van der Waals surface area contributed by atoms with Crippen LogP contribution in [0, 0.1) is 12.7 Å². The summed E-state index contributed by atoms with van der Waals surface area (Å²) < 4.78 is 19.3. The van der Waals surface area contributed by atoms with Crippen molar-refractivity contribution in [3.05, 3.63) is 52.8 Å². The zero-order valence-electron chi connectivity index (χ0n) is 12.6. The van der Waals surface area contributed by atoms with Gasteiger partial charge in [0.25, 0.3) is 0 Å². The van der Waals surface area contributed by atoms with E-state index in [-0.39, 0.29) is 5.82 Å². The Morgan fingerprint density at radius 1 is 0.950 bits per heavy atom. The predicted octanol–water partition coefficient (Wildman–Crippen LogP) is 4.93. The first-order chi connectivity index (χ1) is 9.60. The average Bonchev–Trinajstić information content (AvgIpc) is 2.47. The van der Waals surface area contributed by atoms with Gasteiger partial charge in [0.15, 0.2) is 0 Å². The normalized spacial score (nSPS) is 10.7. The van der Waals surface area contributed by atoms with Crippen LogP contribution in [0.1, 0.15) is 30.5 Å². The topological polar surface area (TPSA) is 9.23 Å². The molecule has 0 aromatic heterocycles. The van der Waals surface area contributed by atoms with Crippen molar-refractivity contribution in [3.63, 3.8) is 0 Å². The first kappa shape index (κ1) is 14.6. The Morgan fingerprint density at radius 3 is 2.25 bits per heavy atom. The molecule has 0 heterocycles. The van der Waals surface area contributed by atoms with Crippen molar-refractivity contribution in [2.45, 2.75) is 33.6 Å². The second-order valence-electron chi connectivity index (χ2n) is 5.01. The van der Waals surface area contributed by atoms with Gasteiger partial charge in [-0.2, -0.15) is 0 Å². The second-order valence-corrected chi connectivity index (χ2v) is 5.01. The quantitative estimate of drug-likeness (QED) is 0.766. The molecule has 0 aliphatic carbocycles. The number of ether oxygens (including phenoxy) is 1. The number of rotatable bonds is 4. The summed E-state index contributed by atoms with van der Waals surface area (Å²) in [4.78, 5) is 0.